The molecule has 4 rings (SSSR count). The summed E-state index contributed by atoms with van der Waals surface area (Å²) in [4.78, 5) is 11.5. The molecule has 1 saturated heterocycles. The third-order valence-corrected chi connectivity index (χ3v) is 6.14. The lowest BCUT2D eigenvalue weighted by Crippen LogP contribution is -2.43. The van der Waals surface area contributed by atoms with Crippen LogP contribution in [0, 0.1) is 0 Å². The summed E-state index contributed by atoms with van der Waals surface area (Å²) in [6.07, 6.45) is 3.96. The number of rotatable bonds is 5. The zero-order valence-corrected chi connectivity index (χ0v) is 16.3. The maximum atomic E-state index is 5.96. The molecule has 1 aliphatic heterocycles. The minimum atomic E-state index is -0.0515. The van der Waals surface area contributed by atoms with Gasteiger partial charge in [0.1, 0.15) is 0 Å². The number of nitrogens with zero attached hydrogens (tertiary/aromatic N) is 3. The average molecular weight is 381 g/mol. The number of anilines is 1. The zero-order valence-electron chi connectivity index (χ0n) is 15.5. The summed E-state index contributed by atoms with van der Waals surface area (Å²) < 4.78 is 5.15. The van der Waals surface area contributed by atoms with Gasteiger partial charge in [0.15, 0.2) is 5.13 Å². The lowest BCUT2D eigenvalue weighted by molar-refractivity contribution is 0.170. The molecule has 5 nitrogen and oxygen atoms in total. The molecule has 2 N–H and O–H groups in total. The van der Waals surface area contributed by atoms with E-state index in [1.165, 1.54) is 22.5 Å². The number of nitrogen functional groups attached to an aromatic ring is 1. The number of thiazole rings is 1. The Kier molecular flexibility index (Phi) is 5.09. The van der Waals surface area contributed by atoms with E-state index in [4.69, 9.17) is 10.5 Å². The van der Waals surface area contributed by atoms with Crippen LogP contribution in [0.4, 0.5) is 5.13 Å². The van der Waals surface area contributed by atoms with Crippen LogP contribution in [0.15, 0.2) is 54.0 Å². The van der Waals surface area contributed by atoms with Gasteiger partial charge in [0.25, 0.3) is 0 Å². The van der Waals surface area contributed by atoms with Gasteiger partial charge < -0.3 is 10.5 Å². The molecule has 2 aromatic heterocycles. The molecule has 1 aliphatic rings. The van der Waals surface area contributed by atoms with Gasteiger partial charge in [-0.05, 0) is 37.1 Å². The summed E-state index contributed by atoms with van der Waals surface area (Å²) in [7, 11) is 1.64. The Balaban J connectivity index is 1.53. The van der Waals surface area contributed by atoms with E-state index in [1.807, 2.05) is 12.3 Å². The molecular formula is C21H24N4OS. The van der Waals surface area contributed by atoms with Crippen molar-refractivity contribution in [2.24, 2.45) is 0 Å². The van der Waals surface area contributed by atoms with E-state index in [0.717, 1.165) is 38.2 Å². The standard InChI is InChI=1S/C21H24N4OS/c1-26-19-8-7-16(13-23-19)14-25-11-9-21(10-12-25,17-5-3-2-4-6-17)18-15-27-20(22)24-18/h2-8,13,15H,9-12,14H2,1H3,(H2,22,24). The second-order valence-electron chi connectivity index (χ2n) is 7.00. The Morgan fingerprint density at radius 2 is 1.93 bits per heavy atom. The summed E-state index contributed by atoms with van der Waals surface area (Å²) in [5, 5.41) is 2.78. The fraction of sp³-hybridized carbons (Fsp3) is 0.333. The number of nitrogens with two attached hydrogens (primary N) is 1. The first-order chi connectivity index (χ1) is 13.2. The fourth-order valence-corrected chi connectivity index (χ4v) is 4.60. The lowest BCUT2D eigenvalue weighted by atomic mass is 9.70. The molecule has 0 unspecified atom stereocenters. The van der Waals surface area contributed by atoms with Gasteiger partial charge in [-0.1, -0.05) is 36.4 Å². The Labute approximate surface area is 163 Å². The van der Waals surface area contributed by atoms with Crippen LogP contribution < -0.4 is 10.5 Å². The molecule has 0 radical (unpaired) electrons. The van der Waals surface area contributed by atoms with Crippen LogP contribution in [-0.4, -0.2) is 35.1 Å². The summed E-state index contributed by atoms with van der Waals surface area (Å²) in [6, 6.07) is 14.7. The maximum Gasteiger partial charge on any atom is 0.212 e. The fourth-order valence-electron chi connectivity index (χ4n) is 3.93. The molecule has 1 fully saturated rings. The van der Waals surface area contributed by atoms with Gasteiger partial charge in [-0.2, -0.15) is 0 Å². The van der Waals surface area contributed by atoms with E-state index in [0.29, 0.717) is 11.0 Å². The quantitative estimate of drug-likeness (QED) is 0.731. The van der Waals surface area contributed by atoms with Gasteiger partial charge in [0, 0.05) is 29.6 Å². The topological polar surface area (TPSA) is 64.3 Å². The van der Waals surface area contributed by atoms with Crippen molar-refractivity contribution in [3.8, 4) is 5.88 Å². The molecule has 0 aliphatic carbocycles. The number of piperidine rings is 1. The average Bonchev–Trinajstić information content (AvgIpc) is 3.17. The molecule has 0 bridgehead atoms. The first-order valence-corrected chi connectivity index (χ1v) is 10.1. The van der Waals surface area contributed by atoms with Gasteiger partial charge in [-0.25, -0.2) is 9.97 Å². The van der Waals surface area contributed by atoms with Gasteiger partial charge in [-0.15, -0.1) is 11.3 Å². The van der Waals surface area contributed by atoms with Crippen molar-refractivity contribution in [1.29, 1.82) is 0 Å². The zero-order chi connectivity index (χ0) is 18.7. The molecule has 140 valence electrons. The predicted molar refractivity (Wildman–Crippen MR) is 109 cm³/mol. The van der Waals surface area contributed by atoms with E-state index in [1.54, 1.807) is 7.11 Å². The second kappa shape index (κ2) is 7.66. The Morgan fingerprint density at radius 1 is 1.15 bits per heavy atom. The molecule has 6 heteroatoms. The number of aromatic nitrogens is 2. The lowest BCUT2D eigenvalue weighted by Gasteiger charge is -2.41. The number of pyridine rings is 1. The Bertz CT molecular complexity index is 871. The molecule has 0 spiro atoms. The van der Waals surface area contributed by atoms with E-state index in [9.17, 15) is 0 Å². The number of ether oxygens (including phenoxy) is 1. The number of likely N-dealkylation sites (tertiary alicyclic amines) is 1. The van der Waals surface area contributed by atoms with Crippen LogP contribution >= 0.6 is 11.3 Å². The van der Waals surface area contributed by atoms with E-state index in [-0.39, 0.29) is 5.41 Å². The van der Waals surface area contributed by atoms with Gasteiger partial charge in [-0.3, -0.25) is 4.90 Å². The van der Waals surface area contributed by atoms with Gasteiger partial charge in [0.2, 0.25) is 5.88 Å². The molecule has 0 saturated carbocycles. The van der Waals surface area contributed by atoms with Crippen molar-refractivity contribution in [1.82, 2.24) is 14.9 Å². The third-order valence-electron chi connectivity index (χ3n) is 5.46. The minimum Gasteiger partial charge on any atom is -0.481 e. The van der Waals surface area contributed by atoms with Crippen molar-refractivity contribution in [3.63, 3.8) is 0 Å². The van der Waals surface area contributed by atoms with E-state index < -0.39 is 0 Å². The third kappa shape index (κ3) is 3.68. The largest absolute Gasteiger partial charge is 0.481 e. The molecule has 3 aromatic rings. The van der Waals surface area contributed by atoms with Gasteiger partial charge in [0.05, 0.1) is 12.8 Å². The highest BCUT2D eigenvalue weighted by Gasteiger charge is 2.39. The number of hydrogen-bond donors (Lipinski definition) is 1. The summed E-state index contributed by atoms with van der Waals surface area (Å²) in [5.41, 5.74) is 9.56. The van der Waals surface area contributed by atoms with Crippen molar-refractivity contribution in [2.75, 3.05) is 25.9 Å². The Hall–Kier alpha value is -2.44. The van der Waals surface area contributed by atoms with Crippen LogP contribution in [-0.2, 0) is 12.0 Å². The van der Waals surface area contributed by atoms with Crippen molar-refractivity contribution >= 4 is 16.5 Å². The van der Waals surface area contributed by atoms with Crippen LogP contribution in [0.1, 0.15) is 29.7 Å². The minimum absolute atomic E-state index is 0.0515. The molecular weight excluding hydrogens is 356 g/mol. The van der Waals surface area contributed by atoms with Crippen LogP contribution in [0.3, 0.4) is 0 Å². The first-order valence-electron chi connectivity index (χ1n) is 9.18. The normalized spacial score (nSPS) is 16.9. The smallest absolute Gasteiger partial charge is 0.212 e. The molecule has 1 aromatic carbocycles. The monoisotopic (exact) mass is 380 g/mol. The SMILES string of the molecule is COc1ccc(CN2CCC(c3ccccc3)(c3csc(N)n3)CC2)cn1. The van der Waals surface area contributed by atoms with Crippen molar-refractivity contribution in [2.45, 2.75) is 24.8 Å². The van der Waals surface area contributed by atoms with Crippen molar-refractivity contribution in [3.05, 3.63) is 70.9 Å². The number of hydrogen-bond acceptors (Lipinski definition) is 6. The summed E-state index contributed by atoms with van der Waals surface area (Å²) in [6.45, 7) is 2.93. The molecule has 3 heterocycles. The van der Waals surface area contributed by atoms with E-state index in [2.05, 4.69) is 56.6 Å². The molecule has 0 atom stereocenters. The van der Waals surface area contributed by atoms with Crippen LogP contribution in [0.2, 0.25) is 0 Å². The number of methoxy groups -OCH3 is 1. The van der Waals surface area contributed by atoms with Gasteiger partial charge >= 0.3 is 0 Å². The van der Waals surface area contributed by atoms with Crippen molar-refractivity contribution < 1.29 is 4.74 Å². The number of benzene rings is 1. The maximum absolute atomic E-state index is 5.96. The highest BCUT2D eigenvalue weighted by molar-refractivity contribution is 7.13. The first kappa shape index (κ1) is 17.9. The highest BCUT2D eigenvalue weighted by Crippen LogP contribution is 2.42. The second-order valence-corrected chi connectivity index (χ2v) is 7.89. The molecule has 0 amide bonds. The predicted octanol–water partition coefficient (Wildman–Crippen LogP) is 3.71. The molecule has 27 heavy (non-hydrogen) atoms. The highest BCUT2D eigenvalue weighted by atomic mass is 32.1. The van der Waals surface area contributed by atoms with E-state index >= 15 is 0 Å². The summed E-state index contributed by atoms with van der Waals surface area (Å²) in [5.74, 6) is 0.654. The summed E-state index contributed by atoms with van der Waals surface area (Å²) >= 11 is 1.53. The Morgan fingerprint density at radius 3 is 2.52 bits per heavy atom. The van der Waals surface area contributed by atoms with Crippen LogP contribution in [0.25, 0.3) is 0 Å². The van der Waals surface area contributed by atoms with Crippen LogP contribution in [0.5, 0.6) is 5.88 Å².